The number of nitrogens with one attached hydrogen (secondary N) is 3. The summed E-state index contributed by atoms with van der Waals surface area (Å²) in [6, 6.07) is 16.2. The standard InChI is InChI=1S/C32H44N6O/c1-23-9-10-25(32(3,4)5)21-28(23)31(39)27-11-12-30(36-24(27)2)29-8-6-7-26(37-29)22-38-19-17-34-15-13-33-14-16-35-18-20-38/h6-12,21,33-35H,13-20,22H2,1-5H3. The van der Waals surface area contributed by atoms with E-state index in [0.29, 0.717) is 5.56 Å². The molecule has 0 radical (unpaired) electrons. The van der Waals surface area contributed by atoms with Crippen LogP contribution in [-0.4, -0.2) is 73.0 Å². The van der Waals surface area contributed by atoms with Crippen LogP contribution in [0.4, 0.5) is 0 Å². The van der Waals surface area contributed by atoms with Crippen LogP contribution in [0.1, 0.15) is 59.2 Å². The van der Waals surface area contributed by atoms with Crippen molar-refractivity contribution in [1.29, 1.82) is 0 Å². The maximum absolute atomic E-state index is 13.6. The van der Waals surface area contributed by atoms with Crippen molar-refractivity contribution in [2.24, 2.45) is 0 Å². The van der Waals surface area contributed by atoms with Crippen LogP contribution >= 0.6 is 0 Å². The predicted octanol–water partition coefficient (Wildman–Crippen LogP) is 3.87. The largest absolute Gasteiger partial charge is 0.314 e. The van der Waals surface area contributed by atoms with E-state index in [1.165, 1.54) is 0 Å². The van der Waals surface area contributed by atoms with Crippen molar-refractivity contribution < 1.29 is 4.79 Å². The van der Waals surface area contributed by atoms with Crippen molar-refractivity contribution in [1.82, 2.24) is 30.8 Å². The van der Waals surface area contributed by atoms with Crippen LogP contribution < -0.4 is 16.0 Å². The Morgan fingerprint density at radius 3 is 2.08 bits per heavy atom. The first-order chi connectivity index (χ1) is 18.7. The Bertz CT molecular complexity index is 1250. The van der Waals surface area contributed by atoms with Gasteiger partial charge in [0.25, 0.3) is 0 Å². The number of rotatable bonds is 5. The number of pyridine rings is 2. The summed E-state index contributed by atoms with van der Waals surface area (Å²) >= 11 is 0. The van der Waals surface area contributed by atoms with Crippen LogP contribution in [0.25, 0.3) is 11.4 Å². The minimum Gasteiger partial charge on any atom is -0.314 e. The van der Waals surface area contributed by atoms with E-state index >= 15 is 0 Å². The van der Waals surface area contributed by atoms with E-state index in [9.17, 15) is 4.79 Å². The number of hydrogen-bond acceptors (Lipinski definition) is 7. The third-order valence-corrected chi connectivity index (χ3v) is 7.30. The first-order valence-corrected chi connectivity index (χ1v) is 14.2. The highest BCUT2D eigenvalue weighted by Crippen LogP contribution is 2.27. The summed E-state index contributed by atoms with van der Waals surface area (Å²) < 4.78 is 0. The van der Waals surface area contributed by atoms with E-state index < -0.39 is 0 Å². The van der Waals surface area contributed by atoms with Gasteiger partial charge >= 0.3 is 0 Å². The van der Waals surface area contributed by atoms with Crippen molar-refractivity contribution in [3.63, 3.8) is 0 Å². The van der Waals surface area contributed by atoms with Gasteiger partial charge in [0, 0.05) is 75.7 Å². The summed E-state index contributed by atoms with van der Waals surface area (Å²) in [4.78, 5) is 25.8. The van der Waals surface area contributed by atoms with Gasteiger partial charge < -0.3 is 16.0 Å². The first-order valence-electron chi connectivity index (χ1n) is 14.2. The summed E-state index contributed by atoms with van der Waals surface area (Å²) in [6.07, 6.45) is 0. The Labute approximate surface area is 233 Å². The lowest BCUT2D eigenvalue weighted by atomic mass is 9.84. The number of carbonyl (C=O) groups is 1. The van der Waals surface area contributed by atoms with Crippen LogP contribution in [0.3, 0.4) is 0 Å². The van der Waals surface area contributed by atoms with E-state index in [0.717, 1.165) is 98.4 Å². The molecular weight excluding hydrogens is 484 g/mol. The molecule has 2 aromatic heterocycles. The molecule has 1 aliphatic heterocycles. The fourth-order valence-corrected chi connectivity index (χ4v) is 4.83. The second-order valence-electron chi connectivity index (χ2n) is 11.5. The lowest BCUT2D eigenvalue weighted by molar-refractivity contribution is 0.103. The molecule has 7 heteroatoms. The Morgan fingerprint density at radius 2 is 1.44 bits per heavy atom. The molecule has 3 heterocycles. The maximum Gasteiger partial charge on any atom is 0.195 e. The SMILES string of the molecule is Cc1ccc(C(C)(C)C)cc1C(=O)c1ccc(-c2cccc(CN3CCNCCNCCNCC3)n2)nc1C. The van der Waals surface area contributed by atoms with Gasteiger partial charge in [-0.2, -0.15) is 0 Å². The van der Waals surface area contributed by atoms with Gasteiger partial charge in [-0.3, -0.25) is 14.7 Å². The number of ketones is 1. The summed E-state index contributed by atoms with van der Waals surface area (Å²) in [5.41, 5.74) is 6.86. The number of benzene rings is 1. The molecule has 3 N–H and O–H groups in total. The molecule has 0 atom stereocenters. The van der Waals surface area contributed by atoms with Crippen LogP contribution in [0.15, 0.2) is 48.5 Å². The molecule has 0 saturated carbocycles. The number of aryl methyl sites for hydroxylation is 2. The molecule has 0 aliphatic carbocycles. The Kier molecular flexibility index (Phi) is 9.97. The van der Waals surface area contributed by atoms with E-state index in [1.807, 2.05) is 50.2 Å². The number of aromatic nitrogens is 2. The van der Waals surface area contributed by atoms with Gasteiger partial charge in [0.05, 0.1) is 17.1 Å². The lowest BCUT2D eigenvalue weighted by Gasteiger charge is -2.23. The van der Waals surface area contributed by atoms with Crippen LogP contribution in [0, 0.1) is 13.8 Å². The molecule has 208 valence electrons. The monoisotopic (exact) mass is 528 g/mol. The summed E-state index contributed by atoms with van der Waals surface area (Å²) in [6.45, 7) is 19.0. The Morgan fingerprint density at radius 1 is 0.795 bits per heavy atom. The highest BCUT2D eigenvalue weighted by atomic mass is 16.1. The van der Waals surface area contributed by atoms with Gasteiger partial charge in [0.1, 0.15) is 0 Å². The van der Waals surface area contributed by atoms with Crippen molar-refractivity contribution in [2.45, 2.75) is 46.6 Å². The molecule has 7 nitrogen and oxygen atoms in total. The smallest absolute Gasteiger partial charge is 0.195 e. The Hall–Kier alpha value is -2.97. The highest BCUT2D eigenvalue weighted by Gasteiger charge is 2.20. The van der Waals surface area contributed by atoms with Crippen LogP contribution in [-0.2, 0) is 12.0 Å². The van der Waals surface area contributed by atoms with E-state index in [2.05, 4.69) is 53.8 Å². The molecule has 1 aromatic carbocycles. The predicted molar refractivity (Wildman–Crippen MR) is 159 cm³/mol. The first kappa shape index (κ1) is 29.0. The topological polar surface area (TPSA) is 82.2 Å². The molecule has 1 aliphatic rings. The molecule has 39 heavy (non-hydrogen) atoms. The van der Waals surface area contributed by atoms with E-state index in [1.54, 1.807) is 0 Å². The van der Waals surface area contributed by atoms with Crippen LogP contribution in [0.2, 0.25) is 0 Å². The molecule has 4 rings (SSSR count). The zero-order chi connectivity index (χ0) is 27.8. The Balaban J connectivity index is 1.50. The molecule has 0 unspecified atom stereocenters. The molecular formula is C32H44N6O. The third kappa shape index (κ3) is 8.02. The third-order valence-electron chi connectivity index (χ3n) is 7.30. The summed E-state index contributed by atoms with van der Waals surface area (Å²) in [7, 11) is 0. The fraction of sp³-hybridized carbons (Fsp3) is 0.469. The average molecular weight is 529 g/mol. The average Bonchev–Trinajstić information content (AvgIpc) is 2.89. The van der Waals surface area contributed by atoms with E-state index in [-0.39, 0.29) is 11.2 Å². The maximum atomic E-state index is 13.6. The van der Waals surface area contributed by atoms with Crippen molar-refractivity contribution in [3.05, 3.63) is 82.2 Å². The molecule has 0 spiro atoms. The molecule has 0 bridgehead atoms. The van der Waals surface area contributed by atoms with Gasteiger partial charge in [-0.05, 0) is 60.7 Å². The zero-order valence-corrected chi connectivity index (χ0v) is 24.2. The fourth-order valence-electron chi connectivity index (χ4n) is 4.83. The van der Waals surface area contributed by atoms with Gasteiger partial charge in [-0.25, -0.2) is 4.98 Å². The van der Waals surface area contributed by atoms with Gasteiger partial charge in [-0.1, -0.05) is 39.0 Å². The van der Waals surface area contributed by atoms with Crippen molar-refractivity contribution in [3.8, 4) is 11.4 Å². The zero-order valence-electron chi connectivity index (χ0n) is 24.2. The quantitative estimate of drug-likeness (QED) is 0.434. The molecule has 3 aromatic rings. The second-order valence-corrected chi connectivity index (χ2v) is 11.5. The normalized spacial score (nSPS) is 16.3. The van der Waals surface area contributed by atoms with E-state index in [4.69, 9.17) is 9.97 Å². The van der Waals surface area contributed by atoms with Gasteiger partial charge in [-0.15, -0.1) is 0 Å². The number of carbonyl (C=O) groups excluding carboxylic acids is 1. The minimum absolute atomic E-state index is 0.0187. The van der Waals surface area contributed by atoms with Crippen LogP contribution in [0.5, 0.6) is 0 Å². The highest BCUT2D eigenvalue weighted by molar-refractivity contribution is 6.10. The minimum atomic E-state index is -0.0230. The lowest BCUT2D eigenvalue weighted by Crippen LogP contribution is -2.41. The van der Waals surface area contributed by atoms with Gasteiger partial charge in [0.2, 0.25) is 0 Å². The van der Waals surface area contributed by atoms with Crippen molar-refractivity contribution >= 4 is 5.78 Å². The number of hydrogen-bond donors (Lipinski definition) is 3. The molecule has 0 amide bonds. The van der Waals surface area contributed by atoms with Crippen molar-refractivity contribution in [2.75, 3.05) is 52.4 Å². The summed E-state index contributed by atoms with van der Waals surface area (Å²) in [5.74, 6) is 0.0187. The molecule has 1 fully saturated rings. The summed E-state index contributed by atoms with van der Waals surface area (Å²) in [5, 5.41) is 10.5. The van der Waals surface area contributed by atoms with Gasteiger partial charge in [0.15, 0.2) is 5.78 Å². The second kappa shape index (κ2) is 13.4. The molecule has 1 saturated heterocycles. The number of nitrogens with zero attached hydrogens (tertiary/aromatic N) is 3.